The number of ether oxygens (including phenoxy) is 1. The third-order valence-electron chi connectivity index (χ3n) is 2.50. The van der Waals surface area contributed by atoms with Crippen molar-refractivity contribution in [3.05, 3.63) is 58.6 Å². The average molecular weight is 292 g/mol. The first-order chi connectivity index (χ1) is 8.28. The molecule has 2 aromatic carbocycles. The number of methoxy groups -OCH3 is 1. The molecule has 0 aliphatic rings. The minimum atomic E-state index is 0.819. The molecule has 2 nitrogen and oxygen atoms in total. The van der Waals surface area contributed by atoms with Crippen LogP contribution >= 0.6 is 15.9 Å². The largest absolute Gasteiger partial charge is 0.497 e. The highest BCUT2D eigenvalue weighted by atomic mass is 79.9. The van der Waals surface area contributed by atoms with E-state index in [-0.39, 0.29) is 0 Å². The lowest BCUT2D eigenvalue weighted by Crippen LogP contribution is -1.98. The smallest absolute Gasteiger partial charge is 0.119 e. The average Bonchev–Trinajstić information content (AvgIpc) is 2.39. The van der Waals surface area contributed by atoms with Crippen LogP contribution in [0.4, 0.5) is 5.69 Å². The van der Waals surface area contributed by atoms with Crippen LogP contribution in [0, 0.1) is 0 Å². The molecule has 0 heterocycles. The quantitative estimate of drug-likeness (QED) is 0.917. The fraction of sp³-hybridized carbons (Fsp3) is 0.143. The van der Waals surface area contributed by atoms with Crippen LogP contribution in [0.3, 0.4) is 0 Å². The third kappa shape index (κ3) is 3.49. The predicted octanol–water partition coefficient (Wildman–Crippen LogP) is 4.07. The summed E-state index contributed by atoms with van der Waals surface area (Å²) in [7, 11) is 1.67. The molecule has 0 fully saturated rings. The molecule has 0 aliphatic carbocycles. The van der Waals surface area contributed by atoms with Gasteiger partial charge in [-0.25, -0.2) is 0 Å². The number of hydrogen-bond donors (Lipinski definition) is 1. The summed E-state index contributed by atoms with van der Waals surface area (Å²) in [5.74, 6) is 0.874. The van der Waals surface area contributed by atoms with Crippen LogP contribution in [-0.2, 0) is 6.54 Å². The standard InChI is InChI=1S/C14H14BrNO/c1-17-14-8-6-13(7-9-14)16-10-11-2-4-12(15)5-3-11/h2-9,16H,10H2,1H3. The highest BCUT2D eigenvalue weighted by Gasteiger charge is 1.95. The number of rotatable bonds is 4. The van der Waals surface area contributed by atoms with E-state index in [9.17, 15) is 0 Å². The molecule has 3 heteroatoms. The predicted molar refractivity (Wildman–Crippen MR) is 74.5 cm³/mol. The van der Waals surface area contributed by atoms with Crippen LogP contribution in [-0.4, -0.2) is 7.11 Å². The molecule has 1 N–H and O–H groups in total. The van der Waals surface area contributed by atoms with Crippen LogP contribution in [0.25, 0.3) is 0 Å². The molecule has 2 aromatic rings. The van der Waals surface area contributed by atoms with Gasteiger partial charge in [0.05, 0.1) is 7.11 Å². The summed E-state index contributed by atoms with van der Waals surface area (Å²) in [5.41, 5.74) is 2.35. The maximum atomic E-state index is 5.11. The van der Waals surface area contributed by atoms with Gasteiger partial charge in [-0.1, -0.05) is 28.1 Å². The maximum absolute atomic E-state index is 5.11. The van der Waals surface area contributed by atoms with E-state index in [1.807, 2.05) is 36.4 Å². The van der Waals surface area contributed by atoms with Crippen molar-refractivity contribution in [2.24, 2.45) is 0 Å². The summed E-state index contributed by atoms with van der Waals surface area (Å²) in [6.45, 7) is 0.819. The summed E-state index contributed by atoms with van der Waals surface area (Å²) >= 11 is 3.42. The number of benzene rings is 2. The molecule has 0 saturated carbocycles. The molecule has 0 bridgehead atoms. The van der Waals surface area contributed by atoms with Crippen molar-refractivity contribution in [2.75, 3.05) is 12.4 Å². The van der Waals surface area contributed by atoms with Gasteiger partial charge < -0.3 is 10.1 Å². The molecule has 0 radical (unpaired) electrons. The van der Waals surface area contributed by atoms with Gasteiger partial charge in [-0.15, -0.1) is 0 Å². The zero-order chi connectivity index (χ0) is 12.1. The molecule has 0 spiro atoms. The highest BCUT2D eigenvalue weighted by molar-refractivity contribution is 9.10. The second kappa shape index (κ2) is 5.73. The first-order valence-electron chi connectivity index (χ1n) is 5.40. The van der Waals surface area contributed by atoms with E-state index in [0.29, 0.717) is 0 Å². The first kappa shape index (κ1) is 12.0. The van der Waals surface area contributed by atoms with Gasteiger partial charge in [0.15, 0.2) is 0 Å². The lowest BCUT2D eigenvalue weighted by Gasteiger charge is -2.07. The SMILES string of the molecule is COc1ccc(NCc2ccc(Br)cc2)cc1. The monoisotopic (exact) mass is 291 g/mol. The van der Waals surface area contributed by atoms with Crippen molar-refractivity contribution in [3.63, 3.8) is 0 Å². The molecule has 17 heavy (non-hydrogen) atoms. The van der Waals surface area contributed by atoms with Crippen LogP contribution in [0.5, 0.6) is 5.75 Å². The van der Waals surface area contributed by atoms with Crippen molar-refractivity contribution in [3.8, 4) is 5.75 Å². The molecule has 0 unspecified atom stereocenters. The Kier molecular flexibility index (Phi) is 4.04. The van der Waals surface area contributed by atoms with Crippen molar-refractivity contribution < 1.29 is 4.74 Å². The molecule has 0 aromatic heterocycles. The van der Waals surface area contributed by atoms with E-state index in [2.05, 4.69) is 33.4 Å². The topological polar surface area (TPSA) is 21.3 Å². The van der Waals surface area contributed by atoms with E-state index in [0.717, 1.165) is 22.5 Å². The normalized spacial score (nSPS) is 10.0. The fourth-order valence-corrected chi connectivity index (χ4v) is 1.78. The van der Waals surface area contributed by atoms with E-state index >= 15 is 0 Å². The molecule has 2 rings (SSSR count). The minimum Gasteiger partial charge on any atom is -0.497 e. The second-order valence-corrected chi connectivity index (χ2v) is 4.62. The summed E-state index contributed by atoms with van der Waals surface area (Å²) in [6, 6.07) is 16.2. The van der Waals surface area contributed by atoms with Crippen molar-refractivity contribution in [1.29, 1.82) is 0 Å². The second-order valence-electron chi connectivity index (χ2n) is 3.71. The van der Waals surface area contributed by atoms with Gasteiger partial charge in [-0.3, -0.25) is 0 Å². The summed E-state index contributed by atoms with van der Waals surface area (Å²) in [5, 5.41) is 3.36. The lowest BCUT2D eigenvalue weighted by molar-refractivity contribution is 0.415. The van der Waals surface area contributed by atoms with Gasteiger partial charge in [0.25, 0.3) is 0 Å². The van der Waals surface area contributed by atoms with Crippen molar-refractivity contribution in [1.82, 2.24) is 0 Å². The number of halogens is 1. The van der Waals surface area contributed by atoms with Crippen LogP contribution in [0.1, 0.15) is 5.56 Å². The fourth-order valence-electron chi connectivity index (χ4n) is 1.52. The van der Waals surface area contributed by atoms with Crippen LogP contribution in [0.2, 0.25) is 0 Å². The highest BCUT2D eigenvalue weighted by Crippen LogP contribution is 2.16. The Morgan fingerprint density at radius 2 is 1.65 bits per heavy atom. The lowest BCUT2D eigenvalue weighted by atomic mass is 10.2. The molecular weight excluding hydrogens is 278 g/mol. The molecular formula is C14H14BrNO. The Labute approximate surface area is 110 Å². The maximum Gasteiger partial charge on any atom is 0.119 e. The van der Waals surface area contributed by atoms with Gasteiger partial charge in [0.1, 0.15) is 5.75 Å². The Hall–Kier alpha value is -1.48. The van der Waals surface area contributed by atoms with Crippen molar-refractivity contribution >= 4 is 21.6 Å². The summed E-state index contributed by atoms with van der Waals surface area (Å²) in [4.78, 5) is 0. The van der Waals surface area contributed by atoms with Crippen molar-refractivity contribution in [2.45, 2.75) is 6.54 Å². The Morgan fingerprint density at radius 3 is 2.24 bits per heavy atom. The van der Waals surface area contributed by atoms with E-state index in [1.165, 1.54) is 5.56 Å². The zero-order valence-corrected chi connectivity index (χ0v) is 11.2. The Bertz CT molecular complexity index is 465. The molecule has 0 saturated heterocycles. The van der Waals surface area contributed by atoms with Gasteiger partial charge in [0, 0.05) is 16.7 Å². The molecule has 88 valence electrons. The number of anilines is 1. The summed E-state index contributed by atoms with van der Waals surface area (Å²) < 4.78 is 6.21. The third-order valence-corrected chi connectivity index (χ3v) is 3.03. The first-order valence-corrected chi connectivity index (χ1v) is 6.19. The Balaban J connectivity index is 1.95. The minimum absolute atomic E-state index is 0.819. The molecule has 0 atom stereocenters. The Morgan fingerprint density at radius 1 is 1.00 bits per heavy atom. The van der Waals surface area contributed by atoms with E-state index in [4.69, 9.17) is 4.74 Å². The number of hydrogen-bond acceptors (Lipinski definition) is 2. The molecule has 0 aliphatic heterocycles. The van der Waals surface area contributed by atoms with E-state index in [1.54, 1.807) is 7.11 Å². The van der Waals surface area contributed by atoms with Crippen LogP contribution in [0.15, 0.2) is 53.0 Å². The van der Waals surface area contributed by atoms with Gasteiger partial charge >= 0.3 is 0 Å². The zero-order valence-electron chi connectivity index (χ0n) is 9.61. The van der Waals surface area contributed by atoms with Gasteiger partial charge in [0.2, 0.25) is 0 Å². The van der Waals surface area contributed by atoms with Gasteiger partial charge in [-0.2, -0.15) is 0 Å². The van der Waals surface area contributed by atoms with Crippen LogP contribution < -0.4 is 10.1 Å². The number of nitrogens with one attached hydrogen (secondary N) is 1. The van der Waals surface area contributed by atoms with Gasteiger partial charge in [-0.05, 0) is 42.0 Å². The van der Waals surface area contributed by atoms with E-state index < -0.39 is 0 Å². The molecule has 0 amide bonds. The summed E-state index contributed by atoms with van der Waals surface area (Å²) in [6.07, 6.45) is 0.